The molecule has 13 heavy (non-hydrogen) atoms. The van der Waals surface area contributed by atoms with Crippen LogP contribution in [0.3, 0.4) is 0 Å². The highest BCUT2D eigenvalue weighted by molar-refractivity contribution is 6.04. The zero-order chi connectivity index (χ0) is 10.3. The van der Waals surface area contributed by atoms with Gasteiger partial charge in [-0.1, -0.05) is 19.4 Å². The minimum Gasteiger partial charge on any atom is -0.346 e. The Morgan fingerprint density at radius 3 is 2.54 bits per heavy atom. The van der Waals surface area contributed by atoms with Crippen molar-refractivity contribution in [1.29, 1.82) is 0 Å². The molecule has 0 aromatic heterocycles. The van der Waals surface area contributed by atoms with Gasteiger partial charge in [0.1, 0.15) is 5.84 Å². The molecule has 0 aromatic rings. The molecule has 0 bridgehead atoms. The van der Waals surface area contributed by atoms with Gasteiger partial charge in [0.05, 0.1) is 0 Å². The molecule has 0 aromatic carbocycles. The third-order valence-corrected chi connectivity index (χ3v) is 1.58. The van der Waals surface area contributed by atoms with Gasteiger partial charge in [0.15, 0.2) is 0 Å². The van der Waals surface area contributed by atoms with Gasteiger partial charge in [0.25, 0.3) is 0 Å². The van der Waals surface area contributed by atoms with Gasteiger partial charge in [0, 0.05) is 19.7 Å². The third-order valence-electron chi connectivity index (χ3n) is 1.58. The van der Waals surface area contributed by atoms with Crippen molar-refractivity contribution in [2.45, 2.75) is 34.6 Å². The minimum absolute atomic E-state index is 0. The molecule has 0 unspecified atom stereocenters. The number of allylic oxidation sites excluding steroid dienone is 1. The Morgan fingerprint density at radius 2 is 2.08 bits per heavy atom. The van der Waals surface area contributed by atoms with E-state index in [1.165, 1.54) is 11.1 Å². The SMILES string of the molecule is CC.CCN=C1NC=CC1=C(C)C.[HH]. The Balaban J connectivity index is 0. The quantitative estimate of drug-likeness (QED) is 0.662. The molecule has 1 aliphatic heterocycles. The molecule has 0 aliphatic carbocycles. The van der Waals surface area contributed by atoms with E-state index in [-0.39, 0.29) is 1.43 Å². The van der Waals surface area contributed by atoms with Crippen LogP contribution >= 0.6 is 0 Å². The van der Waals surface area contributed by atoms with Gasteiger partial charge >= 0.3 is 0 Å². The lowest BCUT2D eigenvalue weighted by Crippen LogP contribution is -2.14. The molecule has 0 saturated carbocycles. The van der Waals surface area contributed by atoms with Crippen LogP contribution in [0.1, 0.15) is 36.0 Å². The first-order valence-corrected chi connectivity index (χ1v) is 4.91. The zero-order valence-corrected chi connectivity index (χ0v) is 9.31. The van der Waals surface area contributed by atoms with E-state index in [4.69, 9.17) is 0 Å². The van der Waals surface area contributed by atoms with Crippen molar-refractivity contribution in [3.63, 3.8) is 0 Å². The Labute approximate surface area is 82.9 Å². The first kappa shape index (κ1) is 11.9. The number of hydrogen-bond donors (Lipinski definition) is 1. The Hall–Kier alpha value is -1.05. The van der Waals surface area contributed by atoms with E-state index in [0.29, 0.717) is 0 Å². The second kappa shape index (κ2) is 6.46. The fourth-order valence-electron chi connectivity index (χ4n) is 1.05. The van der Waals surface area contributed by atoms with Gasteiger partial charge in [-0.25, -0.2) is 0 Å². The molecule has 1 rings (SSSR count). The maximum atomic E-state index is 4.31. The van der Waals surface area contributed by atoms with E-state index in [0.717, 1.165) is 12.4 Å². The van der Waals surface area contributed by atoms with Crippen molar-refractivity contribution in [2.75, 3.05) is 6.54 Å². The topological polar surface area (TPSA) is 24.4 Å². The lowest BCUT2D eigenvalue weighted by Gasteiger charge is -2.01. The van der Waals surface area contributed by atoms with E-state index in [1.54, 1.807) is 0 Å². The second-order valence-corrected chi connectivity index (χ2v) is 2.71. The molecular weight excluding hydrogens is 160 g/mol. The Morgan fingerprint density at radius 1 is 1.46 bits per heavy atom. The first-order chi connectivity index (χ1) is 6.25. The predicted molar refractivity (Wildman–Crippen MR) is 62.1 cm³/mol. The highest BCUT2D eigenvalue weighted by atomic mass is 15.0. The van der Waals surface area contributed by atoms with Gasteiger partial charge < -0.3 is 5.32 Å². The highest BCUT2D eigenvalue weighted by Gasteiger charge is 2.08. The number of aliphatic imine (C=N–C) groups is 1. The molecule has 0 atom stereocenters. The molecule has 1 aliphatic rings. The number of amidine groups is 1. The van der Waals surface area contributed by atoms with E-state index in [9.17, 15) is 0 Å². The molecule has 0 saturated heterocycles. The molecule has 0 amide bonds. The normalized spacial score (nSPS) is 16.7. The molecule has 0 spiro atoms. The number of nitrogens with one attached hydrogen (secondary N) is 1. The standard InChI is InChI=1S/C9H14N2.C2H6.H2/c1-4-10-9-8(7(2)3)5-6-11-9;1-2;/h5-6H,4H2,1-3H3,(H,10,11);1-2H3;1H. The Bertz CT molecular complexity index is 236. The lowest BCUT2D eigenvalue weighted by atomic mass is 10.1. The minimum atomic E-state index is 0. The van der Waals surface area contributed by atoms with Crippen LogP contribution in [0, 0.1) is 0 Å². The molecule has 0 radical (unpaired) electrons. The zero-order valence-electron chi connectivity index (χ0n) is 9.31. The number of hydrogen-bond acceptors (Lipinski definition) is 1. The van der Waals surface area contributed by atoms with E-state index in [1.807, 2.05) is 27.0 Å². The first-order valence-electron chi connectivity index (χ1n) is 4.91. The van der Waals surface area contributed by atoms with Crippen molar-refractivity contribution in [3.8, 4) is 0 Å². The summed E-state index contributed by atoms with van der Waals surface area (Å²) in [5.74, 6) is 1.01. The van der Waals surface area contributed by atoms with Crippen molar-refractivity contribution < 1.29 is 1.43 Å². The summed E-state index contributed by atoms with van der Waals surface area (Å²) in [5.41, 5.74) is 2.53. The smallest absolute Gasteiger partial charge is 0.132 e. The molecule has 1 heterocycles. The maximum Gasteiger partial charge on any atom is 0.132 e. The number of rotatable bonds is 1. The summed E-state index contributed by atoms with van der Waals surface area (Å²) in [6.45, 7) is 11.1. The average molecular weight is 182 g/mol. The highest BCUT2D eigenvalue weighted by Crippen LogP contribution is 2.10. The second-order valence-electron chi connectivity index (χ2n) is 2.71. The van der Waals surface area contributed by atoms with Crippen LogP contribution in [0.4, 0.5) is 0 Å². The van der Waals surface area contributed by atoms with Gasteiger partial charge in [-0.05, 0) is 26.8 Å². The Kier molecular flexibility index (Phi) is 5.94. The third kappa shape index (κ3) is 3.45. The molecule has 2 heteroatoms. The molecule has 0 fully saturated rings. The van der Waals surface area contributed by atoms with E-state index >= 15 is 0 Å². The summed E-state index contributed by atoms with van der Waals surface area (Å²) in [6.07, 6.45) is 3.99. The summed E-state index contributed by atoms with van der Waals surface area (Å²) >= 11 is 0. The van der Waals surface area contributed by atoms with Crippen molar-refractivity contribution >= 4 is 5.84 Å². The van der Waals surface area contributed by atoms with Crippen LogP contribution < -0.4 is 5.32 Å². The van der Waals surface area contributed by atoms with Crippen LogP contribution in [0.25, 0.3) is 0 Å². The lowest BCUT2D eigenvalue weighted by molar-refractivity contribution is 1.10. The van der Waals surface area contributed by atoms with Gasteiger partial charge in [-0.2, -0.15) is 0 Å². The predicted octanol–water partition coefficient (Wildman–Crippen LogP) is 3.13. The van der Waals surface area contributed by atoms with Crippen molar-refractivity contribution in [2.24, 2.45) is 4.99 Å². The summed E-state index contributed by atoms with van der Waals surface area (Å²) in [6, 6.07) is 0. The van der Waals surface area contributed by atoms with Crippen LogP contribution in [0.5, 0.6) is 0 Å². The van der Waals surface area contributed by atoms with Crippen LogP contribution in [-0.4, -0.2) is 12.4 Å². The fourth-order valence-corrected chi connectivity index (χ4v) is 1.05. The monoisotopic (exact) mass is 182 g/mol. The molecule has 76 valence electrons. The summed E-state index contributed by atoms with van der Waals surface area (Å²) in [4.78, 5) is 4.31. The van der Waals surface area contributed by atoms with Crippen molar-refractivity contribution in [3.05, 3.63) is 23.4 Å². The van der Waals surface area contributed by atoms with Gasteiger partial charge in [-0.15, -0.1) is 0 Å². The van der Waals surface area contributed by atoms with Crippen LogP contribution in [-0.2, 0) is 0 Å². The van der Waals surface area contributed by atoms with Crippen LogP contribution in [0.15, 0.2) is 28.4 Å². The number of nitrogens with zero attached hydrogens (tertiary/aromatic N) is 1. The molecular formula is C11H22N2. The maximum absolute atomic E-state index is 4.31. The summed E-state index contributed by atoms with van der Waals surface area (Å²) < 4.78 is 0. The average Bonchev–Trinajstić information content (AvgIpc) is 2.57. The summed E-state index contributed by atoms with van der Waals surface area (Å²) in [7, 11) is 0. The summed E-state index contributed by atoms with van der Waals surface area (Å²) in [5, 5.41) is 3.10. The molecule has 2 nitrogen and oxygen atoms in total. The van der Waals surface area contributed by atoms with Gasteiger partial charge in [0.2, 0.25) is 0 Å². The van der Waals surface area contributed by atoms with E-state index in [2.05, 4.69) is 30.2 Å². The largest absolute Gasteiger partial charge is 0.346 e. The van der Waals surface area contributed by atoms with Crippen LogP contribution in [0.2, 0.25) is 0 Å². The fraction of sp³-hybridized carbons (Fsp3) is 0.545. The van der Waals surface area contributed by atoms with Crippen molar-refractivity contribution in [1.82, 2.24) is 5.32 Å². The molecule has 1 N–H and O–H groups in total. The van der Waals surface area contributed by atoms with E-state index < -0.39 is 0 Å². The van der Waals surface area contributed by atoms with Gasteiger partial charge in [-0.3, -0.25) is 4.99 Å².